The molecule has 0 saturated carbocycles. The average Bonchev–Trinajstić information content (AvgIpc) is 3.65. The maximum absolute atomic E-state index is 13.1. The van der Waals surface area contributed by atoms with Crippen molar-refractivity contribution in [3.8, 4) is 11.5 Å². The number of carbonyl (C=O) groups is 1. The molecule has 1 aromatic carbocycles. The van der Waals surface area contributed by atoms with Gasteiger partial charge in [0.05, 0.1) is 49.9 Å². The molecule has 15 heteroatoms. The van der Waals surface area contributed by atoms with E-state index in [0.29, 0.717) is 53.7 Å². The summed E-state index contributed by atoms with van der Waals surface area (Å²) in [4.78, 5) is 19.8. The Morgan fingerprint density at radius 2 is 1.75 bits per heavy atom. The first kappa shape index (κ1) is 35.2. The van der Waals surface area contributed by atoms with Crippen molar-refractivity contribution < 1.29 is 68.7 Å². The number of benzene rings is 1. The third-order valence-electron chi connectivity index (χ3n) is 9.98. The number of alkyl halides is 2. The second kappa shape index (κ2) is 13.6. The number of hydrogen-bond acceptors (Lipinski definition) is 11. The summed E-state index contributed by atoms with van der Waals surface area (Å²) in [6.07, 6.45) is 3.48. The van der Waals surface area contributed by atoms with E-state index in [2.05, 4.69) is 24.0 Å². The Hall–Kier alpha value is -2.66. The number of esters is 1. The monoisotopic (exact) mass is 770 g/mol. The van der Waals surface area contributed by atoms with Crippen LogP contribution in [0, 0.1) is 0 Å². The van der Waals surface area contributed by atoms with Crippen LogP contribution in [0.5, 0.6) is 11.5 Å². The van der Waals surface area contributed by atoms with Crippen molar-refractivity contribution in [2.45, 2.75) is 73.9 Å². The molecule has 7 heterocycles. The largest absolute Gasteiger partial charge is 1.00 e. The van der Waals surface area contributed by atoms with E-state index in [1.807, 2.05) is 22.9 Å². The van der Waals surface area contributed by atoms with Gasteiger partial charge in [0.2, 0.25) is 5.60 Å². The number of piperidine rings is 1. The molecule has 2 aromatic heterocycles. The number of hydrogen-bond donors (Lipinski definition) is 1. The van der Waals surface area contributed by atoms with Crippen LogP contribution >= 0.6 is 22.7 Å². The fraction of sp³-hybridized carbons (Fsp3) is 0.515. The highest BCUT2D eigenvalue weighted by molar-refractivity contribution is 7.12. The zero-order valence-electron chi connectivity index (χ0n) is 26.6. The molecule has 0 amide bonds. The van der Waals surface area contributed by atoms with Crippen molar-refractivity contribution in [1.82, 2.24) is 0 Å². The van der Waals surface area contributed by atoms with Crippen LogP contribution in [0.2, 0.25) is 0 Å². The Bertz CT molecular complexity index is 1560. The summed E-state index contributed by atoms with van der Waals surface area (Å²) in [6, 6.07) is 12.7. The Kier molecular flexibility index (Phi) is 9.95. The summed E-state index contributed by atoms with van der Waals surface area (Å²) >= 11 is 2.74. The Morgan fingerprint density at radius 3 is 2.29 bits per heavy atom. The predicted octanol–water partition coefficient (Wildman–Crippen LogP) is 1.93. The Labute approximate surface area is 295 Å². The lowest BCUT2D eigenvalue weighted by atomic mass is 9.93. The molecule has 2 unspecified atom stereocenters. The molecule has 1 spiro atoms. The molecule has 10 nitrogen and oxygen atoms in total. The molecule has 4 fully saturated rings. The van der Waals surface area contributed by atoms with E-state index < -0.39 is 18.2 Å². The standard InChI is InChI=1S/C19H22NO4S2.C14H15F2NO4.BrH/c1-20(2)12-9-11(10-13(20)17-16(12)24-17)23-18(21)19(22,14-5-3-7-25-14)15-6-4-8-26-15;1-18-12-6-9(2-3-11(12)20-13(15)16)10-7-14(21-17-10)4-5-19-8-14;/h3-8,11-13,16-17,22H,9-10H2,1-2H3;2-3,6,13H,4-5,7-8H2,1H3;1H/q+1;;/p-1/t11?,12-,13+,16-,17+;;. The highest BCUT2D eigenvalue weighted by atomic mass is 79.9. The molecular weight excluding hydrogens is 734 g/mol. The van der Waals surface area contributed by atoms with Crippen LogP contribution in [-0.2, 0) is 29.4 Å². The van der Waals surface area contributed by atoms with Gasteiger partial charge in [-0.3, -0.25) is 0 Å². The molecule has 2 bridgehead atoms. The number of morpholine rings is 1. The van der Waals surface area contributed by atoms with Gasteiger partial charge >= 0.3 is 12.6 Å². The van der Waals surface area contributed by atoms with Gasteiger partial charge in [-0.05, 0) is 41.1 Å². The SMILES string of the molecule is COc1cc(C2=NOC3(CCOC3)C2)ccc1OC(F)F.C[N+]1(C)[C@@H]2CC(OC(=O)C(O)(c3cccs3)c3cccs3)C[C@H]1[C@@H]1O[C@@H]12.[Br-]. The van der Waals surface area contributed by atoms with E-state index in [1.165, 1.54) is 35.8 Å². The summed E-state index contributed by atoms with van der Waals surface area (Å²) in [5.74, 6) is -0.331. The number of oxime groups is 1. The topological polar surface area (TPSA) is 108 Å². The highest BCUT2D eigenvalue weighted by Crippen LogP contribution is 2.52. The lowest BCUT2D eigenvalue weighted by Crippen LogP contribution is -3.00. The first-order valence-electron chi connectivity index (χ1n) is 15.5. The molecular formula is C33H37BrF2N2O8S2. The second-order valence-corrected chi connectivity index (χ2v) is 14.9. The maximum Gasteiger partial charge on any atom is 0.387 e. The molecule has 0 aliphatic carbocycles. The molecule has 48 heavy (non-hydrogen) atoms. The normalized spacial score (nSPS) is 29.2. The molecule has 0 radical (unpaired) electrons. The van der Waals surface area contributed by atoms with Crippen LogP contribution in [0.25, 0.3) is 0 Å². The molecule has 8 rings (SSSR count). The van der Waals surface area contributed by atoms with Crippen molar-refractivity contribution >= 4 is 34.4 Å². The maximum atomic E-state index is 13.1. The van der Waals surface area contributed by atoms with Gasteiger partial charge in [-0.25, -0.2) is 4.79 Å². The van der Waals surface area contributed by atoms with Crippen LogP contribution < -0.4 is 26.5 Å². The minimum Gasteiger partial charge on any atom is -1.00 e. The summed E-state index contributed by atoms with van der Waals surface area (Å²) in [7, 11) is 5.89. The summed E-state index contributed by atoms with van der Waals surface area (Å²) in [5, 5.41) is 19.2. The van der Waals surface area contributed by atoms with Crippen molar-refractivity contribution in [3.63, 3.8) is 0 Å². The van der Waals surface area contributed by atoms with E-state index in [0.717, 1.165) is 35.0 Å². The zero-order chi connectivity index (χ0) is 33.0. The number of rotatable bonds is 8. The fourth-order valence-corrected chi connectivity index (χ4v) is 9.06. The first-order chi connectivity index (χ1) is 22.5. The Morgan fingerprint density at radius 1 is 1.08 bits per heavy atom. The minimum absolute atomic E-state index is 0. The van der Waals surface area contributed by atoms with E-state index in [4.69, 9.17) is 23.8 Å². The number of thiophene rings is 2. The molecule has 5 aliphatic heterocycles. The summed E-state index contributed by atoms with van der Waals surface area (Å²) < 4.78 is 52.1. The van der Waals surface area contributed by atoms with Gasteiger partial charge in [-0.15, -0.1) is 22.7 Å². The molecule has 3 aromatic rings. The number of nitrogens with zero attached hydrogens (tertiary/aromatic N) is 2. The predicted molar refractivity (Wildman–Crippen MR) is 169 cm³/mol. The van der Waals surface area contributed by atoms with Gasteiger partial charge in [0, 0.05) is 31.2 Å². The quantitative estimate of drug-likeness (QED) is 0.211. The smallest absolute Gasteiger partial charge is 0.387 e. The van der Waals surface area contributed by atoms with E-state index in [-0.39, 0.29) is 40.2 Å². The Balaban J connectivity index is 0.000000168. The van der Waals surface area contributed by atoms with Crippen LogP contribution in [0.4, 0.5) is 8.78 Å². The van der Waals surface area contributed by atoms with Gasteiger partial charge in [-0.1, -0.05) is 17.3 Å². The number of carbonyl (C=O) groups excluding carboxylic acids is 1. The summed E-state index contributed by atoms with van der Waals surface area (Å²) in [5.41, 5.74) is -0.580. The number of ether oxygens (including phenoxy) is 5. The number of fused-ring (bicyclic) bond motifs is 5. The van der Waals surface area contributed by atoms with Crippen LogP contribution in [0.1, 0.15) is 41.0 Å². The van der Waals surface area contributed by atoms with Gasteiger partial charge < -0.3 is 55.1 Å². The van der Waals surface area contributed by atoms with Crippen LogP contribution in [-0.4, -0.2) is 98.3 Å². The van der Waals surface area contributed by atoms with Crippen molar-refractivity contribution in [2.24, 2.45) is 5.16 Å². The van der Waals surface area contributed by atoms with Crippen molar-refractivity contribution in [2.75, 3.05) is 34.4 Å². The van der Waals surface area contributed by atoms with Crippen molar-refractivity contribution in [1.29, 1.82) is 0 Å². The van der Waals surface area contributed by atoms with Gasteiger partial charge in [0.25, 0.3) is 0 Å². The van der Waals surface area contributed by atoms with E-state index >= 15 is 0 Å². The highest BCUT2D eigenvalue weighted by Gasteiger charge is 2.71. The summed E-state index contributed by atoms with van der Waals surface area (Å²) in [6.45, 7) is -1.72. The van der Waals surface area contributed by atoms with Gasteiger partial charge in [0.15, 0.2) is 17.1 Å². The molecule has 4 saturated heterocycles. The third-order valence-corrected chi connectivity index (χ3v) is 11.9. The molecule has 260 valence electrons. The lowest BCUT2D eigenvalue weighted by molar-refractivity contribution is -0.938. The fourth-order valence-electron chi connectivity index (χ4n) is 7.35. The lowest BCUT2D eigenvalue weighted by Gasteiger charge is -2.45. The van der Waals surface area contributed by atoms with Gasteiger partial charge in [-0.2, -0.15) is 8.78 Å². The second-order valence-electron chi connectivity index (χ2n) is 13.0. The van der Waals surface area contributed by atoms with E-state index in [1.54, 1.807) is 24.3 Å². The van der Waals surface area contributed by atoms with Crippen LogP contribution in [0.3, 0.4) is 0 Å². The first-order valence-corrected chi connectivity index (χ1v) is 17.3. The van der Waals surface area contributed by atoms with Crippen LogP contribution in [0.15, 0.2) is 58.4 Å². The number of likely N-dealkylation sites (N-methyl/N-ethyl adjacent to an activating group) is 1. The number of epoxide rings is 1. The average molecular weight is 772 g/mol. The van der Waals surface area contributed by atoms with E-state index in [9.17, 15) is 18.7 Å². The zero-order valence-corrected chi connectivity index (χ0v) is 29.8. The minimum atomic E-state index is -2.89. The number of methoxy groups -OCH3 is 1. The molecule has 1 N–H and O–H groups in total. The molecule has 5 aliphatic rings. The van der Waals surface area contributed by atoms with Gasteiger partial charge in [0.1, 0.15) is 30.4 Å². The third kappa shape index (κ3) is 6.38. The molecule has 6 atom stereocenters. The van der Waals surface area contributed by atoms with Crippen molar-refractivity contribution in [3.05, 3.63) is 68.5 Å². The number of halogens is 3. The number of quaternary nitrogens is 1. The number of aliphatic hydroxyl groups is 1.